The van der Waals surface area contributed by atoms with Crippen LogP contribution in [0.5, 0.6) is 0 Å². The molecule has 0 amide bonds. The molecular formula is C14H29N3. The van der Waals surface area contributed by atoms with E-state index in [0.29, 0.717) is 12.1 Å². The molecule has 100 valence electrons. The maximum Gasteiger partial charge on any atom is 0.0192 e. The predicted octanol–water partition coefficient (Wildman–Crippen LogP) is 1.53. The first-order valence-corrected chi connectivity index (χ1v) is 7.35. The van der Waals surface area contributed by atoms with E-state index in [9.17, 15) is 0 Å². The first-order chi connectivity index (χ1) is 8.16. The van der Waals surface area contributed by atoms with Crippen molar-refractivity contribution >= 4 is 0 Å². The highest BCUT2D eigenvalue weighted by molar-refractivity contribution is 4.83. The maximum absolute atomic E-state index is 6.32. The van der Waals surface area contributed by atoms with Crippen molar-refractivity contribution in [3.05, 3.63) is 0 Å². The van der Waals surface area contributed by atoms with Crippen LogP contribution in [0.3, 0.4) is 0 Å². The fraction of sp³-hybridized carbons (Fsp3) is 1.00. The number of nitrogens with zero attached hydrogens (tertiary/aromatic N) is 2. The average Bonchev–Trinajstić information content (AvgIpc) is 2.50. The van der Waals surface area contributed by atoms with Crippen molar-refractivity contribution in [2.24, 2.45) is 11.7 Å². The molecule has 1 heterocycles. The zero-order valence-electron chi connectivity index (χ0n) is 11.6. The molecule has 0 aromatic heterocycles. The summed E-state index contributed by atoms with van der Waals surface area (Å²) in [4.78, 5) is 5.10. The van der Waals surface area contributed by atoms with E-state index in [1.165, 1.54) is 58.3 Å². The number of hydrogen-bond donors (Lipinski definition) is 1. The van der Waals surface area contributed by atoms with Crippen LogP contribution < -0.4 is 5.73 Å². The highest BCUT2D eigenvalue weighted by Gasteiger charge is 2.26. The van der Waals surface area contributed by atoms with Gasteiger partial charge in [0.25, 0.3) is 0 Å². The molecule has 2 N–H and O–H groups in total. The van der Waals surface area contributed by atoms with Gasteiger partial charge in [-0.05, 0) is 32.7 Å². The summed E-state index contributed by atoms with van der Waals surface area (Å²) in [6.45, 7) is 7.23. The van der Waals surface area contributed by atoms with Crippen LogP contribution in [0.1, 0.15) is 39.0 Å². The van der Waals surface area contributed by atoms with Crippen LogP contribution in [0.2, 0.25) is 0 Å². The van der Waals surface area contributed by atoms with Gasteiger partial charge in [-0.2, -0.15) is 0 Å². The lowest BCUT2D eigenvalue weighted by molar-refractivity contribution is 0.0869. The maximum atomic E-state index is 6.32. The van der Waals surface area contributed by atoms with Crippen molar-refractivity contribution in [3.8, 4) is 0 Å². The van der Waals surface area contributed by atoms with Crippen LogP contribution in [0.25, 0.3) is 0 Å². The summed E-state index contributed by atoms with van der Waals surface area (Å²) in [5.41, 5.74) is 6.32. The molecule has 0 bridgehead atoms. The van der Waals surface area contributed by atoms with Gasteiger partial charge in [0.05, 0.1) is 0 Å². The minimum atomic E-state index is 0.451. The number of rotatable bonds is 2. The Balaban J connectivity index is 1.83. The van der Waals surface area contributed by atoms with Gasteiger partial charge in [0.2, 0.25) is 0 Å². The molecule has 2 fully saturated rings. The summed E-state index contributed by atoms with van der Waals surface area (Å²) in [5.74, 6) is 0.744. The summed E-state index contributed by atoms with van der Waals surface area (Å²) in [5, 5.41) is 0. The Morgan fingerprint density at radius 3 is 2.65 bits per heavy atom. The van der Waals surface area contributed by atoms with E-state index in [1.54, 1.807) is 0 Å². The van der Waals surface area contributed by atoms with E-state index in [4.69, 9.17) is 5.73 Å². The van der Waals surface area contributed by atoms with E-state index in [0.717, 1.165) is 5.92 Å². The lowest BCUT2D eigenvalue weighted by atomic mass is 9.94. The Morgan fingerprint density at radius 2 is 1.88 bits per heavy atom. The van der Waals surface area contributed by atoms with Gasteiger partial charge in [-0.1, -0.05) is 19.3 Å². The van der Waals surface area contributed by atoms with E-state index in [2.05, 4.69) is 23.8 Å². The van der Waals surface area contributed by atoms with E-state index < -0.39 is 0 Å². The summed E-state index contributed by atoms with van der Waals surface area (Å²) in [7, 11) is 2.24. The van der Waals surface area contributed by atoms with Gasteiger partial charge < -0.3 is 15.5 Å². The first-order valence-electron chi connectivity index (χ1n) is 7.35. The monoisotopic (exact) mass is 239 g/mol. The Labute approximate surface area is 106 Å². The molecule has 3 unspecified atom stereocenters. The van der Waals surface area contributed by atoms with Crippen molar-refractivity contribution in [1.29, 1.82) is 0 Å². The van der Waals surface area contributed by atoms with Crippen LogP contribution in [0.4, 0.5) is 0 Å². The first kappa shape index (κ1) is 13.3. The van der Waals surface area contributed by atoms with Gasteiger partial charge in [0, 0.05) is 38.3 Å². The number of hydrogen-bond acceptors (Lipinski definition) is 3. The van der Waals surface area contributed by atoms with E-state index in [-0.39, 0.29) is 0 Å². The van der Waals surface area contributed by atoms with Gasteiger partial charge >= 0.3 is 0 Å². The lowest BCUT2D eigenvalue weighted by Crippen LogP contribution is -2.52. The fourth-order valence-electron chi connectivity index (χ4n) is 3.26. The minimum Gasteiger partial charge on any atom is -0.327 e. The smallest absolute Gasteiger partial charge is 0.0192 e. The molecule has 1 aliphatic carbocycles. The third-order valence-electron chi connectivity index (χ3n) is 4.75. The van der Waals surface area contributed by atoms with Crippen LogP contribution in [-0.4, -0.2) is 55.1 Å². The molecule has 3 nitrogen and oxygen atoms in total. The van der Waals surface area contributed by atoms with Crippen LogP contribution >= 0.6 is 0 Å². The minimum absolute atomic E-state index is 0.451. The zero-order valence-corrected chi connectivity index (χ0v) is 11.6. The van der Waals surface area contributed by atoms with Gasteiger partial charge in [-0.3, -0.25) is 0 Å². The van der Waals surface area contributed by atoms with Crippen LogP contribution in [0.15, 0.2) is 0 Å². The third kappa shape index (κ3) is 3.67. The van der Waals surface area contributed by atoms with Crippen molar-refractivity contribution in [2.45, 2.75) is 51.1 Å². The average molecular weight is 239 g/mol. The molecule has 1 aliphatic heterocycles. The summed E-state index contributed by atoms with van der Waals surface area (Å²) >= 11 is 0. The Kier molecular flexibility index (Phi) is 4.83. The van der Waals surface area contributed by atoms with Crippen molar-refractivity contribution in [2.75, 3.05) is 33.2 Å². The largest absolute Gasteiger partial charge is 0.327 e. The molecule has 1 saturated carbocycles. The Morgan fingerprint density at radius 1 is 1.12 bits per heavy atom. The number of nitrogens with two attached hydrogens (primary N) is 1. The van der Waals surface area contributed by atoms with Gasteiger partial charge in [-0.25, -0.2) is 0 Å². The van der Waals surface area contributed by atoms with Gasteiger partial charge in [-0.15, -0.1) is 0 Å². The fourth-order valence-corrected chi connectivity index (χ4v) is 3.26. The molecule has 1 saturated heterocycles. The van der Waals surface area contributed by atoms with Crippen molar-refractivity contribution < 1.29 is 0 Å². The van der Waals surface area contributed by atoms with Gasteiger partial charge in [0.15, 0.2) is 0 Å². The molecule has 17 heavy (non-hydrogen) atoms. The Bertz CT molecular complexity index is 232. The third-order valence-corrected chi connectivity index (χ3v) is 4.75. The predicted molar refractivity (Wildman–Crippen MR) is 73.1 cm³/mol. The quantitative estimate of drug-likeness (QED) is 0.742. The lowest BCUT2D eigenvalue weighted by Gasteiger charge is -2.39. The van der Waals surface area contributed by atoms with E-state index >= 15 is 0 Å². The summed E-state index contributed by atoms with van der Waals surface area (Å²) in [6, 6.07) is 1.15. The van der Waals surface area contributed by atoms with Crippen LogP contribution in [-0.2, 0) is 0 Å². The molecule has 0 aromatic rings. The molecule has 3 heteroatoms. The van der Waals surface area contributed by atoms with Crippen molar-refractivity contribution in [3.63, 3.8) is 0 Å². The summed E-state index contributed by atoms with van der Waals surface area (Å²) in [6.07, 6.45) is 6.72. The number of likely N-dealkylation sites (N-methyl/N-ethyl adjacent to an activating group) is 1. The van der Waals surface area contributed by atoms with Gasteiger partial charge in [0.1, 0.15) is 0 Å². The zero-order chi connectivity index (χ0) is 12.3. The molecular weight excluding hydrogens is 210 g/mol. The molecule has 0 radical (unpaired) electrons. The summed E-state index contributed by atoms with van der Waals surface area (Å²) < 4.78 is 0. The molecule has 0 aromatic carbocycles. The molecule has 0 spiro atoms. The van der Waals surface area contributed by atoms with Crippen LogP contribution in [0, 0.1) is 5.92 Å². The standard InChI is InChI=1S/C14H29N3/c1-12-10-17(9-8-16(12)2)11-13-6-4-3-5-7-14(13)15/h12-14H,3-11,15H2,1-2H3. The molecule has 2 rings (SSSR count). The highest BCUT2D eigenvalue weighted by atomic mass is 15.3. The normalized spacial score (nSPS) is 37.9. The molecule has 2 aliphatic rings. The Hall–Kier alpha value is -0.120. The second-order valence-corrected chi connectivity index (χ2v) is 6.15. The van der Waals surface area contributed by atoms with Crippen molar-refractivity contribution in [1.82, 2.24) is 9.80 Å². The highest BCUT2D eigenvalue weighted by Crippen LogP contribution is 2.23. The number of piperazine rings is 1. The van der Waals surface area contributed by atoms with E-state index in [1.807, 2.05) is 0 Å². The SMILES string of the molecule is CC1CN(CC2CCCCCC2N)CCN1C. The second kappa shape index (κ2) is 6.17. The molecule has 3 atom stereocenters. The topological polar surface area (TPSA) is 32.5 Å². The second-order valence-electron chi connectivity index (χ2n) is 6.15.